The van der Waals surface area contributed by atoms with Crippen molar-refractivity contribution < 1.29 is 34.2 Å². The number of carboxylic acids is 1. The highest BCUT2D eigenvalue weighted by Gasteiger charge is 2.40. The molecule has 1 aliphatic heterocycles. The summed E-state index contributed by atoms with van der Waals surface area (Å²) in [6.07, 6.45) is 1.23. The van der Waals surface area contributed by atoms with Crippen LogP contribution in [0.5, 0.6) is 0 Å². The van der Waals surface area contributed by atoms with Gasteiger partial charge in [-0.15, -0.1) is 0 Å². The van der Waals surface area contributed by atoms with Crippen LogP contribution in [0.4, 0.5) is 0 Å². The number of likely N-dealkylation sites (tertiary alicyclic amines) is 1. The molecule has 1 heterocycles. The average Bonchev–Trinajstić information content (AvgIpc) is 3.30. The Kier molecular flexibility index (Phi) is 13.3. The van der Waals surface area contributed by atoms with Gasteiger partial charge >= 0.3 is 5.97 Å². The summed E-state index contributed by atoms with van der Waals surface area (Å²) >= 11 is 0. The number of carbonyl (C=O) groups excluding carboxylic acids is 4. The predicted octanol–water partition coefficient (Wildman–Crippen LogP) is -1.97. The highest BCUT2D eigenvalue weighted by atomic mass is 16.4. The number of nitrogens with two attached hydrogens (primary N) is 2. The summed E-state index contributed by atoms with van der Waals surface area (Å²) in [6.45, 7) is 5.29. The summed E-state index contributed by atoms with van der Waals surface area (Å²) in [5, 5.41) is 27.1. The van der Waals surface area contributed by atoms with Crippen LogP contribution in [0.3, 0.4) is 0 Å². The molecule has 4 amide bonds. The number of aliphatic hydroxyl groups excluding tert-OH is 1. The lowest BCUT2D eigenvalue weighted by atomic mass is 10.0. The molecule has 1 fully saturated rings. The molecule has 13 heteroatoms. The van der Waals surface area contributed by atoms with E-state index in [9.17, 15) is 34.2 Å². The largest absolute Gasteiger partial charge is 0.480 e. The first-order valence-electron chi connectivity index (χ1n) is 12.4. The predicted molar refractivity (Wildman–Crippen MR) is 131 cm³/mol. The molecule has 0 radical (unpaired) electrons. The van der Waals surface area contributed by atoms with Gasteiger partial charge in [-0.2, -0.15) is 0 Å². The van der Waals surface area contributed by atoms with Gasteiger partial charge in [-0.25, -0.2) is 4.79 Å². The molecular formula is C23H42N6O7. The fourth-order valence-electron chi connectivity index (χ4n) is 4.10. The third kappa shape index (κ3) is 9.70. The lowest BCUT2D eigenvalue weighted by Crippen LogP contribution is -2.59. The minimum atomic E-state index is -1.27. The van der Waals surface area contributed by atoms with Crippen molar-refractivity contribution in [3.8, 4) is 0 Å². The van der Waals surface area contributed by atoms with Crippen LogP contribution in [0.25, 0.3) is 0 Å². The lowest BCUT2D eigenvalue weighted by molar-refractivity contribution is -0.145. The number of nitrogens with one attached hydrogen (secondary N) is 3. The SMILES string of the molecule is CC(C)C[C@H](NC(=O)[C@H](CCCCN)NC(=O)[C@@H]1CCCN1C(=O)[C@@H](NC(=O)CN)[C@@H](C)O)C(=O)O. The molecule has 0 aromatic carbocycles. The van der Waals surface area contributed by atoms with Crippen molar-refractivity contribution in [1.82, 2.24) is 20.9 Å². The van der Waals surface area contributed by atoms with Crippen LogP contribution in [0.1, 0.15) is 59.3 Å². The molecule has 0 unspecified atom stereocenters. The van der Waals surface area contributed by atoms with Gasteiger partial charge < -0.3 is 42.5 Å². The van der Waals surface area contributed by atoms with Crippen LogP contribution in [0, 0.1) is 5.92 Å². The Morgan fingerprint density at radius 3 is 2.19 bits per heavy atom. The Bertz CT molecular complexity index is 776. The second-order valence-corrected chi connectivity index (χ2v) is 9.55. The van der Waals surface area contributed by atoms with E-state index in [1.54, 1.807) is 0 Å². The molecule has 36 heavy (non-hydrogen) atoms. The van der Waals surface area contributed by atoms with E-state index in [4.69, 9.17) is 11.5 Å². The summed E-state index contributed by atoms with van der Waals surface area (Å²) in [5.41, 5.74) is 10.8. The zero-order chi connectivity index (χ0) is 27.4. The summed E-state index contributed by atoms with van der Waals surface area (Å²) in [6, 6.07) is -4.30. The van der Waals surface area contributed by atoms with Gasteiger partial charge in [-0.1, -0.05) is 13.8 Å². The number of unbranched alkanes of at least 4 members (excludes halogenated alkanes) is 1. The van der Waals surface area contributed by atoms with E-state index in [-0.39, 0.29) is 31.8 Å². The van der Waals surface area contributed by atoms with Crippen molar-refractivity contribution in [3.05, 3.63) is 0 Å². The van der Waals surface area contributed by atoms with Crippen LogP contribution in [0.15, 0.2) is 0 Å². The number of aliphatic hydroxyl groups is 1. The van der Waals surface area contributed by atoms with E-state index in [0.717, 1.165) is 0 Å². The Balaban J connectivity index is 3.01. The van der Waals surface area contributed by atoms with E-state index in [0.29, 0.717) is 32.2 Å². The van der Waals surface area contributed by atoms with E-state index in [2.05, 4.69) is 16.0 Å². The van der Waals surface area contributed by atoms with Gasteiger partial charge in [-0.3, -0.25) is 19.2 Å². The molecule has 1 saturated heterocycles. The standard InChI is InChI=1S/C23H42N6O7/c1-13(2)11-16(23(35)36)27-20(32)15(7-4-5-9-24)26-21(33)17-8-6-10-29(17)22(34)19(14(3)30)28-18(31)12-25/h13-17,19,30H,4-12,24-25H2,1-3H3,(H,26,33)(H,27,32)(H,28,31)(H,35,36)/t14-,15+,16+,17+,19+/m1/s1. The molecule has 5 atom stereocenters. The van der Waals surface area contributed by atoms with Crippen LogP contribution in [-0.2, 0) is 24.0 Å². The van der Waals surface area contributed by atoms with Crippen molar-refractivity contribution in [2.75, 3.05) is 19.6 Å². The Labute approximate surface area is 211 Å². The minimum absolute atomic E-state index is 0.0244. The van der Waals surface area contributed by atoms with E-state index < -0.39 is 59.9 Å². The first-order chi connectivity index (χ1) is 16.9. The molecule has 206 valence electrons. The van der Waals surface area contributed by atoms with E-state index in [1.165, 1.54) is 11.8 Å². The van der Waals surface area contributed by atoms with Crippen molar-refractivity contribution in [1.29, 1.82) is 0 Å². The van der Waals surface area contributed by atoms with Crippen molar-refractivity contribution >= 4 is 29.6 Å². The van der Waals surface area contributed by atoms with Crippen LogP contribution >= 0.6 is 0 Å². The third-order valence-electron chi connectivity index (χ3n) is 5.99. The lowest BCUT2D eigenvalue weighted by Gasteiger charge is -2.31. The normalized spacial score (nSPS) is 18.8. The summed E-state index contributed by atoms with van der Waals surface area (Å²) in [5.74, 6) is -3.59. The molecule has 0 spiro atoms. The number of rotatable bonds is 15. The zero-order valence-electron chi connectivity index (χ0n) is 21.4. The molecule has 0 aromatic heterocycles. The monoisotopic (exact) mass is 514 g/mol. The van der Waals surface area contributed by atoms with Gasteiger partial charge in [0.15, 0.2) is 0 Å². The summed E-state index contributed by atoms with van der Waals surface area (Å²) in [7, 11) is 0. The zero-order valence-corrected chi connectivity index (χ0v) is 21.4. The maximum Gasteiger partial charge on any atom is 0.326 e. The van der Waals surface area contributed by atoms with Crippen molar-refractivity contribution in [2.45, 2.75) is 89.6 Å². The van der Waals surface area contributed by atoms with Crippen molar-refractivity contribution in [3.63, 3.8) is 0 Å². The van der Waals surface area contributed by atoms with Crippen LogP contribution in [0.2, 0.25) is 0 Å². The van der Waals surface area contributed by atoms with E-state index in [1.807, 2.05) is 13.8 Å². The number of nitrogens with zero attached hydrogens (tertiary/aromatic N) is 1. The van der Waals surface area contributed by atoms with Gasteiger partial charge in [0.05, 0.1) is 12.6 Å². The van der Waals surface area contributed by atoms with Gasteiger partial charge in [0.1, 0.15) is 24.2 Å². The average molecular weight is 515 g/mol. The molecule has 1 aliphatic rings. The van der Waals surface area contributed by atoms with E-state index >= 15 is 0 Å². The number of hydrogen-bond acceptors (Lipinski definition) is 8. The second-order valence-electron chi connectivity index (χ2n) is 9.55. The quantitative estimate of drug-likeness (QED) is 0.120. The minimum Gasteiger partial charge on any atom is -0.480 e. The molecule has 0 bridgehead atoms. The molecular weight excluding hydrogens is 472 g/mol. The molecule has 0 saturated carbocycles. The number of hydrogen-bond donors (Lipinski definition) is 7. The number of carboxylic acid groups (broad SMARTS) is 1. The Hall–Kier alpha value is -2.77. The number of aliphatic carboxylic acids is 1. The second kappa shape index (κ2) is 15.4. The van der Waals surface area contributed by atoms with Crippen molar-refractivity contribution in [2.24, 2.45) is 17.4 Å². The smallest absolute Gasteiger partial charge is 0.326 e. The number of carbonyl (C=O) groups is 5. The maximum absolute atomic E-state index is 13.2. The Morgan fingerprint density at radius 1 is 1.00 bits per heavy atom. The highest BCUT2D eigenvalue weighted by molar-refractivity contribution is 5.95. The van der Waals surface area contributed by atoms with Gasteiger partial charge in [0.25, 0.3) is 0 Å². The number of amides is 4. The van der Waals surface area contributed by atoms with Gasteiger partial charge in [-0.05, 0) is 57.9 Å². The molecule has 1 rings (SSSR count). The van der Waals surface area contributed by atoms with Crippen LogP contribution < -0.4 is 27.4 Å². The molecule has 13 nitrogen and oxygen atoms in total. The van der Waals surface area contributed by atoms with Crippen LogP contribution in [-0.4, -0.2) is 94.6 Å². The Morgan fingerprint density at radius 2 is 1.67 bits per heavy atom. The van der Waals surface area contributed by atoms with Gasteiger partial charge in [0, 0.05) is 6.54 Å². The summed E-state index contributed by atoms with van der Waals surface area (Å²) < 4.78 is 0. The van der Waals surface area contributed by atoms with Gasteiger partial charge in [0.2, 0.25) is 23.6 Å². The molecule has 9 N–H and O–H groups in total. The first kappa shape index (κ1) is 31.3. The third-order valence-corrected chi connectivity index (χ3v) is 5.99. The molecule has 0 aromatic rings. The fourth-order valence-corrected chi connectivity index (χ4v) is 4.10. The maximum atomic E-state index is 13.2. The fraction of sp³-hybridized carbons (Fsp3) is 0.783. The highest BCUT2D eigenvalue weighted by Crippen LogP contribution is 2.20. The topological polar surface area (TPSA) is 217 Å². The molecule has 0 aliphatic carbocycles. The summed E-state index contributed by atoms with van der Waals surface area (Å²) in [4.78, 5) is 63.8. The first-order valence-corrected chi connectivity index (χ1v) is 12.4.